The van der Waals surface area contributed by atoms with E-state index in [1.165, 1.54) is 0 Å². The molecule has 46 heavy (non-hydrogen) atoms. The smallest absolute Gasteiger partial charge is 0.481 e. The minimum atomic E-state index is -6.37. The van der Waals surface area contributed by atoms with Crippen molar-refractivity contribution in [1.29, 1.82) is 0 Å². The number of hydrogen-bond acceptors (Lipinski definition) is 4. The molecule has 3 aromatic rings. The van der Waals surface area contributed by atoms with Gasteiger partial charge in [0.15, 0.2) is 17.2 Å². The lowest BCUT2D eigenvalue weighted by Gasteiger charge is -2.36. The number of carbonyl (C=O) groups is 1. The van der Waals surface area contributed by atoms with E-state index in [4.69, 9.17) is 0 Å². The van der Waals surface area contributed by atoms with Crippen molar-refractivity contribution >= 4 is 40.1 Å². The summed E-state index contributed by atoms with van der Waals surface area (Å²) in [5.41, 5.74) is -3.20. The van der Waals surface area contributed by atoms with E-state index in [9.17, 15) is 31.5 Å². The number of aryl methyl sites for hydroxylation is 1. The topological polar surface area (TPSA) is 83.7 Å². The molecule has 0 saturated heterocycles. The number of hydrogen-bond donors (Lipinski definition) is 1. The molecule has 6 nitrogen and oxygen atoms in total. The molecule has 0 fully saturated rings. The maximum atomic E-state index is 16.5. The SMILES string of the molecule is Cc1ccccc1C1=c2cc3c(cc2[Si](C)(C)c2c1cc(F)c(OS(=O)(=O)C(F)(F)F)c2F)=[N+](CCCC(=O)O)C(C)(C)CC3C. The van der Waals surface area contributed by atoms with Gasteiger partial charge in [0.2, 0.25) is 11.1 Å². The number of carboxylic acid groups (broad SMARTS) is 1. The third-order valence-electron chi connectivity index (χ3n) is 9.20. The highest BCUT2D eigenvalue weighted by Crippen LogP contribution is 2.36. The summed E-state index contributed by atoms with van der Waals surface area (Å²) in [5, 5.41) is 11.5. The Labute approximate surface area is 265 Å². The summed E-state index contributed by atoms with van der Waals surface area (Å²) in [7, 11) is -9.66. The molecule has 0 amide bonds. The number of nitrogens with zero attached hydrogens (tertiary/aromatic N) is 1. The molecule has 13 heteroatoms. The van der Waals surface area contributed by atoms with E-state index in [0.29, 0.717) is 24.1 Å². The van der Waals surface area contributed by atoms with Gasteiger partial charge in [-0.05, 0) is 76.7 Å². The van der Waals surface area contributed by atoms with Crippen molar-refractivity contribution in [2.24, 2.45) is 0 Å². The fraction of sp³-hybridized carbons (Fsp3) is 0.394. The molecule has 0 aliphatic carbocycles. The van der Waals surface area contributed by atoms with Gasteiger partial charge in [0.1, 0.15) is 14.6 Å². The summed E-state index contributed by atoms with van der Waals surface area (Å²) in [6, 6.07) is 12.1. The van der Waals surface area contributed by atoms with Gasteiger partial charge in [-0.25, -0.2) is 13.4 Å². The van der Waals surface area contributed by atoms with Crippen molar-refractivity contribution in [3.63, 3.8) is 0 Å². The molecule has 0 aromatic heterocycles. The van der Waals surface area contributed by atoms with Crippen LogP contribution in [0.2, 0.25) is 13.1 Å². The Balaban J connectivity index is 1.93. The molecule has 1 atom stereocenters. The minimum absolute atomic E-state index is 0.0262. The van der Waals surface area contributed by atoms with E-state index in [1.807, 2.05) is 31.2 Å². The maximum absolute atomic E-state index is 16.5. The predicted molar refractivity (Wildman–Crippen MR) is 167 cm³/mol. The van der Waals surface area contributed by atoms with Crippen LogP contribution in [0.4, 0.5) is 22.0 Å². The highest BCUT2D eigenvalue weighted by molar-refractivity contribution is 7.88. The van der Waals surface area contributed by atoms with Crippen LogP contribution in [0.25, 0.3) is 5.57 Å². The van der Waals surface area contributed by atoms with Crippen molar-refractivity contribution in [3.05, 3.63) is 86.9 Å². The second kappa shape index (κ2) is 11.3. The average molecular weight is 681 g/mol. The van der Waals surface area contributed by atoms with E-state index >= 15 is 8.78 Å². The molecule has 0 spiro atoms. The summed E-state index contributed by atoms with van der Waals surface area (Å²) in [6.07, 6.45) is 1.12. The normalized spacial score (nSPS) is 18.5. The first kappa shape index (κ1) is 33.8. The molecule has 0 bridgehead atoms. The number of rotatable bonds is 7. The van der Waals surface area contributed by atoms with Crippen LogP contribution in [-0.4, -0.2) is 45.2 Å². The van der Waals surface area contributed by atoms with Crippen LogP contribution < -0.4 is 29.7 Å². The standard InChI is InChI=1S/C33H34F5NO5SSi/c1-18-10-7-8-11-20(18)28-22-14-21-19(2)17-32(3,4)39(13-9-12-27(40)41)25(21)16-26(22)46(5,6)31-23(28)15-24(34)30(29(31)35)44-45(42,43)33(36,37)38/h7-8,10-11,14-16,19H,9,12-13,17H2,1-6H3/p+1. The Bertz CT molecular complexity index is 2020. The number of aliphatic carboxylic acids is 1. The fourth-order valence-electron chi connectivity index (χ4n) is 7.13. The zero-order valence-electron chi connectivity index (χ0n) is 26.3. The number of carboxylic acids is 1. The van der Waals surface area contributed by atoms with E-state index in [2.05, 4.69) is 29.5 Å². The van der Waals surface area contributed by atoms with Gasteiger partial charge in [0.25, 0.3) is 0 Å². The van der Waals surface area contributed by atoms with Crippen LogP contribution in [0.15, 0.2) is 42.5 Å². The zero-order valence-corrected chi connectivity index (χ0v) is 28.1. The van der Waals surface area contributed by atoms with Crippen molar-refractivity contribution < 1.29 is 44.5 Å². The lowest BCUT2D eigenvalue weighted by molar-refractivity contribution is -0.137. The zero-order chi connectivity index (χ0) is 34.1. The van der Waals surface area contributed by atoms with E-state index in [-0.39, 0.29) is 28.6 Å². The van der Waals surface area contributed by atoms with Gasteiger partial charge < -0.3 is 9.29 Å². The number of halogens is 5. The van der Waals surface area contributed by atoms with Gasteiger partial charge >= 0.3 is 21.6 Å². The second-order valence-corrected chi connectivity index (χ2v) is 19.1. The summed E-state index contributed by atoms with van der Waals surface area (Å²) in [5.74, 6) is -5.51. The molecule has 1 unspecified atom stereocenters. The summed E-state index contributed by atoms with van der Waals surface area (Å²) < 4.78 is 102. The van der Waals surface area contributed by atoms with E-state index in [1.54, 1.807) is 25.2 Å². The predicted octanol–water partition coefficient (Wildman–Crippen LogP) is 4.53. The van der Waals surface area contributed by atoms with Crippen LogP contribution in [-0.2, 0) is 14.9 Å². The van der Waals surface area contributed by atoms with Gasteiger partial charge in [-0.1, -0.05) is 44.3 Å². The molecular formula is C33H35F5NO5SSi+. The molecule has 1 N–H and O–H groups in total. The van der Waals surface area contributed by atoms with Crippen LogP contribution >= 0.6 is 0 Å². The first-order chi connectivity index (χ1) is 21.2. The van der Waals surface area contributed by atoms with Crippen LogP contribution in [0.5, 0.6) is 5.75 Å². The summed E-state index contributed by atoms with van der Waals surface area (Å²) in [4.78, 5) is 11.3. The van der Waals surface area contributed by atoms with Crippen LogP contribution in [0, 0.1) is 18.6 Å². The van der Waals surface area contributed by atoms with E-state index in [0.717, 1.165) is 39.4 Å². The Kier molecular flexibility index (Phi) is 8.29. The molecular weight excluding hydrogens is 646 g/mol. The quantitative estimate of drug-likeness (QED) is 0.131. The first-order valence-electron chi connectivity index (χ1n) is 14.8. The maximum Gasteiger partial charge on any atom is 0.534 e. The van der Waals surface area contributed by atoms with Gasteiger partial charge in [-0.15, -0.1) is 0 Å². The van der Waals surface area contributed by atoms with Crippen molar-refractivity contribution in [2.45, 2.75) is 77.0 Å². The molecule has 0 radical (unpaired) electrons. The summed E-state index contributed by atoms with van der Waals surface area (Å²) in [6.45, 7) is 12.1. The molecule has 5 rings (SSSR count). The van der Waals surface area contributed by atoms with Gasteiger partial charge in [0, 0.05) is 24.5 Å². The number of benzene rings is 3. The molecule has 3 aromatic carbocycles. The number of alkyl halides is 3. The van der Waals surface area contributed by atoms with Crippen LogP contribution in [0.3, 0.4) is 0 Å². The highest BCUT2D eigenvalue weighted by atomic mass is 32.2. The van der Waals surface area contributed by atoms with Crippen molar-refractivity contribution in [2.75, 3.05) is 6.54 Å². The monoisotopic (exact) mass is 680 g/mol. The summed E-state index contributed by atoms with van der Waals surface area (Å²) >= 11 is 0. The van der Waals surface area contributed by atoms with Gasteiger partial charge in [0.05, 0.1) is 6.42 Å². The highest BCUT2D eigenvalue weighted by Gasteiger charge is 2.50. The van der Waals surface area contributed by atoms with Crippen LogP contribution in [0.1, 0.15) is 68.2 Å². The Hall–Kier alpha value is -3.58. The lowest BCUT2D eigenvalue weighted by Crippen LogP contribution is -2.66. The Morgan fingerprint density at radius 3 is 2.37 bits per heavy atom. The molecule has 2 heterocycles. The van der Waals surface area contributed by atoms with Gasteiger partial charge in [-0.3, -0.25) is 4.79 Å². The largest absolute Gasteiger partial charge is 0.534 e. The fourth-order valence-corrected chi connectivity index (χ4v) is 10.8. The van der Waals surface area contributed by atoms with Gasteiger partial charge in [-0.2, -0.15) is 21.6 Å². The van der Waals surface area contributed by atoms with Crippen molar-refractivity contribution in [3.8, 4) is 5.75 Å². The van der Waals surface area contributed by atoms with E-state index < -0.39 is 47.1 Å². The molecule has 2 aliphatic rings. The number of fused-ring (bicyclic) bond motifs is 3. The molecule has 0 saturated carbocycles. The van der Waals surface area contributed by atoms with Crippen molar-refractivity contribution in [1.82, 2.24) is 4.58 Å². The molecule has 246 valence electrons. The Morgan fingerprint density at radius 1 is 1.11 bits per heavy atom. The minimum Gasteiger partial charge on any atom is -0.481 e. The third kappa shape index (κ3) is 5.55. The second-order valence-electron chi connectivity index (χ2n) is 13.2. The Morgan fingerprint density at radius 2 is 1.76 bits per heavy atom. The third-order valence-corrected chi connectivity index (χ3v) is 13.7. The lowest BCUT2D eigenvalue weighted by atomic mass is 9.81. The average Bonchev–Trinajstić information content (AvgIpc) is 2.92. The molecule has 2 aliphatic heterocycles. The first-order valence-corrected chi connectivity index (χ1v) is 19.2.